The second-order valence-corrected chi connectivity index (χ2v) is 7.65. The minimum absolute atomic E-state index is 0.155. The smallest absolute Gasteiger partial charge is 0.255 e. The summed E-state index contributed by atoms with van der Waals surface area (Å²) >= 11 is 6.08. The molecule has 1 aliphatic heterocycles. The number of nitrogens with two attached hydrogens (primary N) is 1. The minimum atomic E-state index is -0.166. The molecule has 2 aliphatic rings. The van der Waals surface area contributed by atoms with Gasteiger partial charge in [0.15, 0.2) is 0 Å². The first-order valence-corrected chi connectivity index (χ1v) is 9.91. The summed E-state index contributed by atoms with van der Waals surface area (Å²) in [5.41, 5.74) is 8.12. The van der Waals surface area contributed by atoms with Gasteiger partial charge in [0.1, 0.15) is 5.75 Å². The highest BCUT2D eigenvalue weighted by Gasteiger charge is 2.26. The van der Waals surface area contributed by atoms with Crippen LogP contribution in [0.2, 0.25) is 5.02 Å². The van der Waals surface area contributed by atoms with Crippen LogP contribution in [0.25, 0.3) is 0 Å². The lowest BCUT2D eigenvalue weighted by Gasteiger charge is -2.37. The minimum Gasteiger partial charge on any atom is -0.496 e. The Bertz CT molecular complexity index is 752. The first-order chi connectivity index (χ1) is 13.0. The van der Waals surface area contributed by atoms with E-state index in [1.54, 1.807) is 12.1 Å². The third-order valence-corrected chi connectivity index (χ3v) is 5.89. The summed E-state index contributed by atoms with van der Waals surface area (Å²) in [7, 11) is 1.52. The molecule has 1 unspecified atom stereocenters. The molecular weight excluding hydrogens is 362 g/mol. The molecule has 0 aromatic heterocycles. The average molecular weight is 390 g/mol. The van der Waals surface area contributed by atoms with Gasteiger partial charge in [0.05, 0.1) is 23.4 Å². The zero-order valence-corrected chi connectivity index (χ0v) is 16.8. The molecule has 0 radical (unpaired) electrons. The lowest BCUT2D eigenvalue weighted by Crippen LogP contribution is -2.47. The molecule has 5 nitrogen and oxygen atoms in total. The van der Waals surface area contributed by atoms with Crippen LogP contribution in [0.15, 0.2) is 35.9 Å². The summed E-state index contributed by atoms with van der Waals surface area (Å²) in [6.45, 7) is 4.24. The molecular formula is C21H28ClN3O2. The van der Waals surface area contributed by atoms with E-state index in [-0.39, 0.29) is 11.9 Å². The van der Waals surface area contributed by atoms with Crippen LogP contribution < -0.4 is 15.8 Å². The van der Waals surface area contributed by atoms with E-state index in [4.69, 9.17) is 22.1 Å². The van der Waals surface area contributed by atoms with Crippen LogP contribution in [0.4, 0.5) is 5.69 Å². The molecule has 1 aromatic rings. The van der Waals surface area contributed by atoms with E-state index in [1.807, 2.05) is 0 Å². The number of carbonyl (C=O) groups is 1. The van der Waals surface area contributed by atoms with Crippen LogP contribution in [-0.2, 0) is 0 Å². The van der Waals surface area contributed by atoms with E-state index in [0.717, 1.165) is 38.8 Å². The maximum absolute atomic E-state index is 12.7. The standard InChI is InChI=1S/C21H28ClN3O2/c1-14(15-6-4-3-5-7-15)25-10-8-16(9-11-25)24-21(26)17-12-18(22)19(23)13-20(17)27-2/h3-4,6,12-14,16H,5,7-11,23H2,1-2H3,(H,24,26). The topological polar surface area (TPSA) is 67.6 Å². The molecule has 0 saturated carbocycles. The lowest BCUT2D eigenvalue weighted by atomic mass is 9.95. The summed E-state index contributed by atoms with van der Waals surface area (Å²) in [5.74, 6) is 0.276. The Morgan fingerprint density at radius 3 is 2.74 bits per heavy atom. The van der Waals surface area contributed by atoms with Gasteiger partial charge in [0.25, 0.3) is 5.91 Å². The van der Waals surface area contributed by atoms with Crippen molar-refractivity contribution in [3.05, 3.63) is 46.5 Å². The predicted octanol–water partition coefficient (Wildman–Crippen LogP) is 3.79. The van der Waals surface area contributed by atoms with Crippen LogP contribution in [0.5, 0.6) is 5.75 Å². The molecule has 1 heterocycles. The van der Waals surface area contributed by atoms with E-state index < -0.39 is 0 Å². The van der Waals surface area contributed by atoms with Crippen molar-refractivity contribution in [1.29, 1.82) is 0 Å². The Hall–Kier alpha value is -1.98. The van der Waals surface area contributed by atoms with E-state index in [2.05, 4.69) is 35.4 Å². The number of nitrogen functional groups attached to an aromatic ring is 1. The predicted molar refractivity (Wildman–Crippen MR) is 110 cm³/mol. The maximum Gasteiger partial charge on any atom is 0.255 e. The number of hydrogen-bond acceptors (Lipinski definition) is 4. The summed E-state index contributed by atoms with van der Waals surface area (Å²) in [4.78, 5) is 15.2. The fraction of sp³-hybridized carbons (Fsp3) is 0.476. The number of carbonyl (C=O) groups excluding carboxylic acids is 1. The van der Waals surface area contributed by atoms with Gasteiger partial charge in [-0.1, -0.05) is 35.4 Å². The number of anilines is 1. The van der Waals surface area contributed by atoms with E-state index in [1.165, 1.54) is 12.7 Å². The fourth-order valence-corrected chi connectivity index (χ4v) is 3.98. The molecule has 3 N–H and O–H groups in total. The van der Waals surface area contributed by atoms with Gasteiger partial charge in [-0.05, 0) is 38.7 Å². The number of methoxy groups -OCH3 is 1. The number of rotatable bonds is 5. The van der Waals surface area contributed by atoms with Crippen molar-refractivity contribution in [2.24, 2.45) is 0 Å². The summed E-state index contributed by atoms with van der Waals surface area (Å²) < 4.78 is 5.29. The molecule has 146 valence electrons. The average Bonchev–Trinajstić information content (AvgIpc) is 2.70. The molecule has 6 heteroatoms. The van der Waals surface area contributed by atoms with Crippen molar-refractivity contribution in [2.45, 2.75) is 44.7 Å². The summed E-state index contributed by atoms with van der Waals surface area (Å²) in [6.07, 6.45) is 10.8. The quantitative estimate of drug-likeness (QED) is 0.752. The third-order valence-electron chi connectivity index (χ3n) is 5.56. The first kappa shape index (κ1) is 19.8. The largest absolute Gasteiger partial charge is 0.496 e. The van der Waals surface area contributed by atoms with Crippen molar-refractivity contribution < 1.29 is 9.53 Å². The number of piperidine rings is 1. The molecule has 0 spiro atoms. The van der Waals surface area contributed by atoms with E-state index in [0.29, 0.717) is 28.1 Å². The van der Waals surface area contributed by atoms with Gasteiger partial charge in [-0.25, -0.2) is 0 Å². The van der Waals surface area contributed by atoms with E-state index >= 15 is 0 Å². The molecule has 1 fully saturated rings. The molecule has 27 heavy (non-hydrogen) atoms. The van der Waals surface area contributed by atoms with Crippen molar-refractivity contribution in [3.63, 3.8) is 0 Å². The Morgan fingerprint density at radius 1 is 1.37 bits per heavy atom. The maximum atomic E-state index is 12.7. The molecule has 1 aromatic carbocycles. The van der Waals surface area contributed by atoms with Crippen LogP contribution in [-0.4, -0.2) is 43.1 Å². The molecule has 1 aliphatic carbocycles. The highest BCUT2D eigenvalue weighted by Crippen LogP contribution is 2.29. The fourth-order valence-electron chi connectivity index (χ4n) is 3.81. The molecule has 0 bridgehead atoms. The van der Waals surface area contributed by atoms with Crippen molar-refractivity contribution in [1.82, 2.24) is 10.2 Å². The first-order valence-electron chi connectivity index (χ1n) is 9.53. The zero-order chi connectivity index (χ0) is 19.4. The Morgan fingerprint density at radius 2 is 2.11 bits per heavy atom. The highest BCUT2D eigenvalue weighted by atomic mass is 35.5. The number of hydrogen-bond donors (Lipinski definition) is 2. The van der Waals surface area contributed by atoms with Crippen molar-refractivity contribution in [3.8, 4) is 5.75 Å². The second kappa shape index (κ2) is 8.81. The van der Waals surface area contributed by atoms with Gasteiger partial charge in [-0.3, -0.25) is 9.69 Å². The van der Waals surface area contributed by atoms with Crippen LogP contribution in [0.1, 0.15) is 43.0 Å². The normalized spacial score (nSPS) is 19.4. The van der Waals surface area contributed by atoms with Gasteiger partial charge in [0, 0.05) is 31.2 Å². The van der Waals surface area contributed by atoms with Gasteiger partial charge in [-0.15, -0.1) is 0 Å². The monoisotopic (exact) mass is 389 g/mol. The van der Waals surface area contributed by atoms with Gasteiger partial charge in [0.2, 0.25) is 0 Å². The third kappa shape index (κ3) is 4.66. The van der Waals surface area contributed by atoms with Crippen LogP contribution in [0, 0.1) is 0 Å². The SMILES string of the molecule is COc1cc(N)c(Cl)cc1C(=O)NC1CCN(C(C)C2=CC=CCC2)CC1. The van der Waals surface area contributed by atoms with Crippen LogP contribution in [0.3, 0.4) is 0 Å². The Labute approximate surface area is 166 Å². The van der Waals surface area contributed by atoms with Crippen molar-refractivity contribution >= 4 is 23.2 Å². The number of benzene rings is 1. The number of ether oxygens (including phenoxy) is 1. The Balaban J connectivity index is 1.58. The number of amides is 1. The summed E-state index contributed by atoms with van der Waals surface area (Å²) in [5, 5.41) is 3.49. The molecule has 3 rings (SSSR count). The number of nitrogens with one attached hydrogen (secondary N) is 1. The second-order valence-electron chi connectivity index (χ2n) is 7.24. The van der Waals surface area contributed by atoms with Gasteiger partial charge in [-0.2, -0.15) is 0 Å². The Kier molecular flexibility index (Phi) is 6.45. The van der Waals surface area contributed by atoms with Gasteiger partial charge < -0.3 is 15.8 Å². The highest BCUT2D eigenvalue weighted by molar-refractivity contribution is 6.33. The number of nitrogens with zero attached hydrogens (tertiary/aromatic N) is 1. The van der Waals surface area contributed by atoms with Crippen molar-refractivity contribution in [2.75, 3.05) is 25.9 Å². The van der Waals surface area contributed by atoms with Crippen LogP contribution >= 0.6 is 11.6 Å². The summed E-state index contributed by atoms with van der Waals surface area (Å²) in [6, 6.07) is 3.78. The number of halogens is 1. The van der Waals surface area contributed by atoms with E-state index in [9.17, 15) is 4.79 Å². The van der Waals surface area contributed by atoms with Gasteiger partial charge >= 0.3 is 0 Å². The number of allylic oxidation sites excluding steroid dienone is 3. The molecule has 1 saturated heterocycles. The molecule has 1 amide bonds. The zero-order valence-electron chi connectivity index (χ0n) is 16.0. The lowest BCUT2D eigenvalue weighted by molar-refractivity contribution is 0.0900. The molecule has 1 atom stereocenters. The number of likely N-dealkylation sites (tertiary alicyclic amines) is 1.